The van der Waals surface area contributed by atoms with E-state index < -0.39 is 15.8 Å². The van der Waals surface area contributed by atoms with Crippen molar-refractivity contribution < 1.29 is 31.4 Å². The van der Waals surface area contributed by atoms with Gasteiger partial charge in [0.25, 0.3) is 0 Å². The van der Waals surface area contributed by atoms with Gasteiger partial charge in [-0.05, 0) is 24.4 Å². The summed E-state index contributed by atoms with van der Waals surface area (Å²) >= 11 is 0. The lowest BCUT2D eigenvalue weighted by molar-refractivity contribution is 0.384. The Kier molecular flexibility index (Phi) is 3.61. The molecule has 3 aromatic rings. The van der Waals surface area contributed by atoms with E-state index in [1.165, 1.54) is 38.3 Å². The third-order valence-electron chi connectivity index (χ3n) is 3.38. The largest absolute Gasteiger partial charge is 0.507 e. The van der Waals surface area contributed by atoms with Gasteiger partial charge in [0, 0.05) is 12.1 Å². The number of aryl methyl sites for hydroxylation is 1. The van der Waals surface area contributed by atoms with E-state index in [1.54, 1.807) is 0 Å². The van der Waals surface area contributed by atoms with E-state index in [0.717, 1.165) is 0 Å². The van der Waals surface area contributed by atoms with E-state index in [-0.39, 0.29) is 39.4 Å². The Labute approximate surface area is 135 Å². The Balaban J connectivity index is 2.57. The minimum atomic E-state index is -4.83. The van der Waals surface area contributed by atoms with Crippen molar-refractivity contribution in [3.63, 3.8) is 0 Å². The number of phenols is 1. The molecule has 0 spiro atoms. The van der Waals surface area contributed by atoms with Gasteiger partial charge in [-0.25, -0.2) is 0 Å². The first-order chi connectivity index (χ1) is 11.2. The highest BCUT2D eigenvalue weighted by molar-refractivity contribution is 7.81. The molecule has 0 aliphatic rings. The summed E-state index contributed by atoms with van der Waals surface area (Å²) in [7, 11) is -3.48. The van der Waals surface area contributed by atoms with Crippen LogP contribution in [0.4, 0.5) is 0 Å². The van der Waals surface area contributed by atoms with Crippen LogP contribution in [0.25, 0.3) is 21.7 Å². The van der Waals surface area contributed by atoms with Gasteiger partial charge in [-0.1, -0.05) is 0 Å². The number of hydrogen-bond acceptors (Lipinski definition) is 7. The molecule has 24 heavy (non-hydrogen) atoms. The number of phenolic OH excluding ortho intramolecular Hbond substituents is 1. The molecule has 0 fully saturated rings. The number of methoxy groups -OCH3 is 1. The molecule has 8 nitrogen and oxygen atoms in total. The summed E-state index contributed by atoms with van der Waals surface area (Å²) in [5.41, 5.74) is -0.557. The van der Waals surface area contributed by atoms with Crippen molar-refractivity contribution in [3.05, 3.63) is 40.2 Å². The van der Waals surface area contributed by atoms with Gasteiger partial charge in [-0.3, -0.25) is 9.35 Å². The summed E-state index contributed by atoms with van der Waals surface area (Å²) in [6, 6.07) is 5.16. The maximum atomic E-state index is 12.1. The van der Waals surface area contributed by atoms with Crippen LogP contribution in [0, 0.1) is 6.92 Å². The van der Waals surface area contributed by atoms with Gasteiger partial charge in [0.15, 0.2) is 16.8 Å². The predicted octanol–water partition coefficient (Wildman–Crippen LogP) is 2.15. The number of benzene rings is 2. The Morgan fingerprint density at radius 1 is 1.12 bits per heavy atom. The normalized spacial score (nSPS) is 11.8. The fourth-order valence-corrected chi connectivity index (χ4v) is 2.87. The minimum Gasteiger partial charge on any atom is -0.507 e. The lowest BCUT2D eigenvalue weighted by Gasteiger charge is -2.12. The maximum absolute atomic E-state index is 12.1. The monoisotopic (exact) mass is 352 g/mol. The molecular weight excluding hydrogens is 340 g/mol. The third-order valence-corrected chi connectivity index (χ3v) is 3.77. The van der Waals surface area contributed by atoms with Gasteiger partial charge in [-0.2, -0.15) is 8.42 Å². The van der Waals surface area contributed by atoms with Crippen molar-refractivity contribution in [2.24, 2.45) is 0 Å². The molecule has 0 radical (unpaired) electrons. The Morgan fingerprint density at radius 2 is 1.83 bits per heavy atom. The zero-order valence-electron chi connectivity index (χ0n) is 12.6. The van der Waals surface area contributed by atoms with E-state index >= 15 is 0 Å². The van der Waals surface area contributed by atoms with Crippen LogP contribution in [0.1, 0.15) is 5.76 Å². The van der Waals surface area contributed by atoms with Crippen LogP contribution in [0.5, 0.6) is 17.2 Å². The standard InChI is InChI=1S/C15H12O8S/c1-7-3-10(16)14-11(17)5-8-4-9(21-2)6-12(23-24(18,19)20)13(8)15(14)22-7/h3-6,17H,1-2H3,(H,18,19,20). The summed E-state index contributed by atoms with van der Waals surface area (Å²) in [6.07, 6.45) is 0. The average molecular weight is 352 g/mol. The summed E-state index contributed by atoms with van der Waals surface area (Å²) in [5.74, 6) is -0.161. The zero-order chi connectivity index (χ0) is 17.6. The first kappa shape index (κ1) is 16.1. The second kappa shape index (κ2) is 5.39. The van der Waals surface area contributed by atoms with E-state index in [0.29, 0.717) is 5.39 Å². The average Bonchev–Trinajstić information content (AvgIpc) is 2.43. The first-order valence-corrected chi connectivity index (χ1v) is 8.01. The van der Waals surface area contributed by atoms with E-state index in [2.05, 4.69) is 4.18 Å². The molecule has 0 aliphatic carbocycles. The first-order valence-electron chi connectivity index (χ1n) is 6.64. The van der Waals surface area contributed by atoms with Crippen LogP contribution >= 0.6 is 0 Å². The van der Waals surface area contributed by atoms with E-state index in [4.69, 9.17) is 13.7 Å². The molecule has 0 aliphatic heterocycles. The molecular formula is C15H12O8S. The summed E-state index contributed by atoms with van der Waals surface area (Å²) in [4.78, 5) is 12.1. The minimum absolute atomic E-state index is 0.0590. The lowest BCUT2D eigenvalue weighted by Crippen LogP contribution is -2.08. The molecule has 0 bridgehead atoms. The van der Waals surface area contributed by atoms with Gasteiger partial charge >= 0.3 is 10.4 Å². The Bertz CT molecular complexity index is 1130. The van der Waals surface area contributed by atoms with Crippen LogP contribution in [-0.2, 0) is 10.4 Å². The molecule has 0 saturated carbocycles. The van der Waals surface area contributed by atoms with Gasteiger partial charge < -0.3 is 18.4 Å². The molecule has 0 unspecified atom stereocenters. The number of hydrogen-bond donors (Lipinski definition) is 2. The molecule has 0 atom stereocenters. The van der Waals surface area contributed by atoms with Crippen molar-refractivity contribution in [2.45, 2.75) is 6.92 Å². The molecule has 1 aromatic heterocycles. The van der Waals surface area contributed by atoms with Crippen LogP contribution in [0.2, 0.25) is 0 Å². The van der Waals surface area contributed by atoms with Crippen molar-refractivity contribution in [1.29, 1.82) is 0 Å². The zero-order valence-corrected chi connectivity index (χ0v) is 13.4. The predicted molar refractivity (Wildman–Crippen MR) is 85.1 cm³/mol. The van der Waals surface area contributed by atoms with Crippen molar-refractivity contribution in [2.75, 3.05) is 7.11 Å². The second-order valence-corrected chi connectivity index (χ2v) is 6.08. The fourth-order valence-electron chi connectivity index (χ4n) is 2.51. The fraction of sp³-hybridized carbons (Fsp3) is 0.133. The highest BCUT2D eigenvalue weighted by atomic mass is 32.3. The Hall–Kier alpha value is -2.78. The van der Waals surface area contributed by atoms with Gasteiger partial charge in [0.2, 0.25) is 0 Å². The molecule has 2 N–H and O–H groups in total. The smallest absolute Gasteiger partial charge is 0.446 e. The number of fused-ring (bicyclic) bond motifs is 3. The highest BCUT2D eigenvalue weighted by Crippen LogP contribution is 2.39. The number of ether oxygens (including phenoxy) is 1. The second-order valence-electron chi connectivity index (χ2n) is 5.06. The number of rotatable bonds is 3. The van der Waals surface area contributed by atoms with Crippen LogP contribution in [0.3, 0.4) is 0 Å². The van der Waals surface area contributed by atoms with Crippen LogP contribution in [0.15, 0.2) is 33.5 Å². The number of aromatic hydroxyl groups is 1. The topological polar surface area (TPSA) is 123 Å². The molecule has 3 rings (SSSR count). The summed E-state index contributed by atoms with van der Waals surface area (Å²) in [5, 5.41) is 10.4. The third kappa shape index (κ3) is 2.74. The quantitative estimate of drug-likeness (QED) is 0.543. The molecule has 126 valence electrons. The van der Waals surface area contributed by atoms with Crippen LogP contribution < -0.4 is 14.3 Å². The highest BCUT2D eigenvalue weighted by Gasteiger charge is 2.20. The molecule has 0 saturated heterocycles. The van der Waals surface area contributed by atoms with Crippen LogP contribution in [-0.4, -0.2) is 25.2 Å². The van der Waals surface area contributed by atoms with E-state index in [1.807, 2.05) is 0 Å². The van der Waals surface area contributed by atoms with Crippen molar-refractivity contribution in [1.82, 2.24) is 0 Å². The van der Waals surface area contributed by atoms with Crippen molar-refractivity contribution >= 4 is 32.1 Å². The van der Waals surface area contributed by atoms with E-state index in [9.17, 15) is 18.3 Å². The molecule has 1 heterocycles. The summed E-state index contributed by atoms with van der Waals surface area (Å²) < 4.78 is 46.4. The lowest BCUT2D eigenvalue weighted by atomic mass is 10.0. The maximum Gasteiger partial charge on any atom is 0.446 e. The molecule has 2 aromatic carbocycles. The van der Waals surface area contributed by atoms with Gasteiger partial charge in [0.05, 0.1) is 12.5 Å². The molecule has 0 amide bonds. The van der Waals surface area contributed by atoms with Gasteiger partial charge in [0.1, 0.15) is 22.6 Å². The van der Waals surface area contributed by atoms with Gasteiger partial charge in [-0.15, -0.1) is 0 Å². The SMILES string of the molecule is COc1cc(OS(=O)(=O)O)c2c(c1)cc(O)c1c(=O)cc(C)oc12. The Morgan fingerprint density at radius 3 is 2.46 bits per heavy atom. The van der Waals surface area contributed by atoms with Crippen molar-refractivity contribution in [3.8, 4) is 17.2 Å². The summed E-state index contributed by atoms with van der Waals surface area (Å²) in [6.45, 7) is 1.53. The molecule has 9 heteroatoms.